The monoisotopic (exact) mass is 305 g/mol. The fourth-order valence-electron chi connectivity index (χ4n) is 3.31. The van der Waals surface area contributed by atoms with Crippen molar-refractivity contribution in [2.75, 3.05) is 13.1 Å². The Morgan fingerprint density at radius 2 is 1.74 bits per heavy atom. The number of benzene rings is 2. The quantitative estimate of drug-likeness (QED) is 0.645. The van der Waals surface area contributed by atoms with E-state index in [9.17, 15) is 4.79 Å². The van der Waals surface area contributed by atoms with Crippen LogP contribution in [-0.2, 0) is 0 Å². The molecule has 2 aromatic carbocycles. The second-order valence-corrected chi connectivity index (χ2v) is 6.41. The minimum Gasteiger partial charge on any atom is -0.338 e. The van der Waals surface area contributed by atoms with Gasteiger partial charge in [-0.1, -0.05) is 19.1 Å². The van der Waals surface area contributed by atoms with Crippen LogP contribution in [0.2, 0.25) is 0 Å². The number of piperidine rings is 1. The lowest BCUT2D eigenvalue weighted by molar-refractivity contribution is 0.0683. The summed E-state index contributed by atoms with van der Waals surface area (Å²) in [5.74, 6) is 0.685. The van der Waals surface area contributed by atoms with Crippen LogP contribution < -0.4 is 0 Å². The number of aromatic nitrogens is 2. The van der Waals surface area contributed by atoms with E-state index >= 15 is 0 Å². The Morgan fingerprint density at radius 3 is 2.48 bits per heavy atom. The standard InChI is InChI=1S/C19H19N3O/c1-13-5-4-10-22(12-13)19(23)14-8-9-17-18(11-14)21-16-7-3-2-6-15(16)20-17/h2-3,6-9,11,13H,4-5,10,12H2,1H3. The van der Waals surface area contributed by atoms with Gasteiger partial charge in [-0.2, -0.15) is 0 Å². The van der Waals surface area contributed by atoms with Crippen LogP contribution in [0, 0.1) is 5.92 Å². The van der Waals surface area contributed by atoms with Crippen LogP contribution in [0.1, 0.15) is 30.1 Å². The minimum absolute atomic E-state index is 0.105. The summed E-state index contributed by atoms with van der Waals surface area (Å²) in [5, 5.41) is 0. The van der Waals surface area contributed by atoms with Crippen molar-refractivity contribution in [1.82, 2.24) is 14.9 Å². The molecule has 23 heavy (non-hydrogen) atoms. The highest BCUT2D eigenvalue weighted by Crippen LogP contribution is 2.21. The Bertz CT molecular complexity index is 890. The molecule has 1 saturated heterocycles. The highest BCUT2D eigenvalue weighted by atomic mass is 16.2. The highest BCUT2D eigenvalue weighted by molar-refractivity contribution is 5.98. The summed E-state index contributed by atoms with van der Waals surface area (Å²) in [6.07, 6.45) is 2.30. The van der Waals surface area contributed by atoms with Gasteiger partial charge in [-0.25, -0.2) is 9.97 Å². The van der Waals surface area contributed by atoms with E-state index in [1.165, 1.54) is 6.42 Å². The van der Waals surface area contributed by atoms with Gasteiger partial charge in [0.2, 0.25) is 0 Å². The summed E-state index contributed by atoms with van der Waals surface area (Å²) in [6, 6.07) is 13.4. The van der Waals surface area contributed by atoms with Gasteiger partial charge in [-0.3, -0.25) is 4.79 Å². The lowest BCUT2D eigenvalue weighted by Crippen LogP contribution is -2.39. The molecule has 1 atom stereocenters. The summed E-state index contributed by atoms with van der Waals surface area (Å²) in [5.41, 5.74) is 4.04. The number of carbonyl (C=O) groups excluding carboxylic acids is 1. The van der Waals surface area contributed by atoms with Crippen molar-refractivity contribution in [3.63, 3.8) is 0 Å². The lowest BCUT2D eigenvalue weighted by Gasteiger charge is -2.31. The molecule has 4 rings (SSSR count). The maximum Gasteiger partial charge on any atom is 0.253 e. The Hall–Kier alpha value is -2.49. The number of fused-ring (bicyclic) bond motifs is 2. The molecule has 2 heterocycles. The van der Waals surface area contributed by atoms with E-state index in [2.05, 4.69) is 16.9 Å². The number of hydrogen-bond donors (Lipinski definition) is 0. The first-order valence-electron chi connectivity index (χ1n) is 8.16. The van der Waals surface area contributed by atoms with Crippen molar-refractivity contribution in [2.45, 2.75) is 19.8 Å². The van der Waals surface area contributed by atoms with Gasteiger partial charge in [0.05, 0.1) is 22.1 Å². The van der Waals surface area contributed by atoms with Gasteiger partial charge in [0.1, 0.15) is 0 Å². The molecular weight excluding hydrogens is 286 g/mol. The number of likely N-dealkylation sites (tertiary alicyclic amines) is 1. The number of hydrogen-bond acceptors (Lipinski definition) is 3. The molecule has 1 amide bonds. The second kappa shape index (κ2) is 5.61. The summed E-state index contributed by atoms with van der Waals surface area (Å²) in [4.78, 5) is 24.0. The SMILES string of the molecule is CC1CCCN(C(=O)c2ccc3nc4ccccc4nc3c2)C1. The second-order valence-electron chi connectivity index (χ2n) is 6.41. The first kappa shape index (κ1) is 14.1. The lowest BCUT2D eigenvalue weighted by atomic mass is 9.99. The van der Waals surface area contributed by atoms with E-state index in [0.29, 0.717) is 11.5 Å². The van der Waals surface area contributed by atoms with Crippen LogP contribution in [0.25, 0.3) is 22.1 Å². The molecule has 1 aliphatic rings. The number of nitrogens with zero attached hydrogens (tertiary/aromatic N) is 3. The minimum atomic E-state index is 0.105. The molecular formula is C19H19N3O. The molecule has 0 bridgehead atoms. The summed E-state index contributed by atoms with van der Waals surface area (Å²) >= 11 is 0. The van der Waals surface area contributed by atoms with E-state index < -0.39 is 0 Å². The average molecular weight is 305 g/mol. The fourth-order valence-corrected chi connectivity index (χ4v) is 3.31. The van der Waals surface area contributed by atoms with E-state index in [1.54, 1.807) is 0 Å². The van der Waals surface area contributed by atoms with Gasteiger partial charge >= 0.3 is 0 Å². The molecule has 3 aromatic rings. The number of carbonyl (C=O) groups is 1. The summed E-state index contributed by atoms with van der Waals surface area (Å²) in [7, 11) is 0. The molecule has 1 aliphatic heterocycles. The van der Waals surface area contributed by atoms with E-state index in [4.69, 9.17) is 0 Å². The van der Waals surface area contributed by atoms with Crippen molar-refractivity contribution in [3.05, 3.63) is 48.0 Å². The van der Waals surface area contributed by atoms with Gasteiger partial charge in [0.15, 0.2) is 0 Å². The average Bonchev–Trinajstić information content (AvgIpc) is 2.59. The third-order valence-electron chi connectivity index (χ3n) is 4.53. The molecule has 4 nitrogen and oxygen atoms in total. The Kier molecular flexibility index (Phi) is 3.45. The van der Waals surface area contributed by atoms with Crippen molar-refractivity contribution in [1.29, 1.82) is 0 Å². The van der Waals surface area contributed by atoms with Crippen LogP contribution in [0.15, 0.2) is 42.5 Å². The topological polar surface area (TPSA) is 46.1 Å². The van der Waals surface area contributed by atoms with Crippen molar-refractivity contribution < 1.29 is 4.79 Å². The number of amides is 1. The third-order valence-corrected chi connectivity index (χ3v) is 4.53. The zero-order valence-corrected chi connectivity index (χ0v) is 13.2. The van der Waals surface area contributed by atoms with Crippen molar-refractivity contribution in [2.24, 2.45) is 5.92 Å². The highest BCUT2D eigenvalue weighted by Gasteiger charge is 2.22. The Balaban J connectivity index is 1.73. The van der Waals surface area contributed by atoms with Gasteiger partial charge < -0.3 is 4.90 Å². The Morgan fingerprint density at radius 1 is 1.04 bits per heavy atom. The molecule has 0 saturated carbocycles. The first-order valence-corrected chi connectivity index (χ1v) is 8.16. The maximum absolute atomic E-state index is 12.7. The summed E-state index contributed by atoms with van der Waals surface area (Å²) in [6.45, 7) is 3.91. The number of para-hydroxylation sites is 2. The van der Waals surface area contributed by atoms with Crippen molar-refractivity contribution in [3.8, 4) is 0 Å². The molecule has 1 unspecified atom stereocenters. The van der Waals surface area contributed by atoms with Crippen molar-refractivity contribution >= 4 is 28.0 Å². The summed E-state index contributed by atoms with van der Waals surface area (Å²) < 4.78 is 0. The number of rotatable bonds is 1. The van der Waals surface area contributed by atoms with Gasteiger partial charge in [-0.15, -0.1) is 0 Å². The van der Waals surface area contributed by atoms with Crippen LogP contribution in [0.5, 0.6) is 0 Å². The van der Waals surface area contributed by atoms with Crippen LogP contribution in [-0.4, -0.2) is 33.9 Å². The van der Waals surface area contributed by atoms with E-state index in [-0.39, 0.29) is 5.91 Å². The van der Waals surface area contributed by atoms with Crippen LogP contribution >= 0.6 is 0 Å². The zero-order chi connectivity index (χ0) is 15.8. The van der Waals surface area contributed by atoms with E-state index in [1.807, 2.05) is 47.4 Å². The predicted molar refractivity (Wildman–Crippen MR) is 91.3 cm³/mol. The van der Waals surface area contributed by atoms with Gasteiger partial charge in [0.25, 0.3) is 5.91 Å². The maximum atomic E-state index is 12.7. The third kappa shape index (κ3) is 2.65. The largest absolute Gasteiger partial charge is 0.338 e. The normalized spacial score (nSPS) is 18.5. The molecule has 0 N–H and O–H groups in total. The predicted octanol–water partition coefficient (Wildman–Crippen LogP) is 3.66. The van der Waals surface area contributed by atoms with Crippen LogP contribution in [0.4, 0.5) is 0 Å². The van der Waals surface area contributed by atoms with E-state index in [0.717, 1.165) is 41.6 Å². The Labute approximate surface area is 135 Å². The fraction of sp³-hybridized carbons (Fsp3) is 0.316. The smallest absolute Gasteiger partial charge is 0.253 e. The molecule has 116 valence electrons. The van der Waals surface area contributed by atoms with Gasteiger partial charge in [-0.05, 0) is 49.1 Å². The molecule has 1 fully saturated rings. The molecule has 4 heteroatoms. The first-order chi connectivity index (χ1) is 11.2. The van der Waals surface area contributed by atoms with Crippen LogP contribution in [0.3, 0.4) is 0 Å². The molecule has 1 aromatic heterocycles. The van der Waals surface area contributed by atoms with Gasteiger partial charge in [0, 0.05) is 18.7 Å². The molecule has 0 spiro atoms. The zero-order valence-electron chi connectivity index (χ0n) is 13.2. The molecule has 0 radical (unpaired) electrons. The molecule has 0 aliphatic carbocycles.